The fraction of sp³-hybridized carbons (Fsp3) is 0.654. The van der Waals surface area contributed by atoms with Crippen LogP contribution in [0.2, 0.25) is 0 Å². The molecule has 0 amide bonds. The quantitative estimate of drug-likeness (QED) is 0.249. The van der Waals surface area contributed by atoms with E-state index < -0.39 is 0 Å². The third-order valence-corrected chi connectivity index (χ3v) is 6.95. The summed E-state index contributed by atoms with van der Waals surface area (Å²) in [7, 11) is 1.70. The zero-order chi connectivity index (χ0) is 23.0. The second-order valence-corrected chi connectivity index (χ2v) is 10.3. The Morgan fingerprint density at radius 2 is 1.87 bits per heavy atom. The molecule has 0 aliphatic heterocycles. The predicted molar refractivity (Wildman–Crippen MR) is 130 cm³/mol. The first-order valence-electron chi connectivity index (χ1n) is 11.6. The number of hydrogen-bond acceptors (Lipinski definition) is 4. The van der Waals surface area contributed by atoms with Crippen molar-refractivity contribution < 1.29 is 19.0 Å². The first-order valence-corrected chi connectivity index (χ1v) is 12.4. The van der Waals surface area contributed by atoms with Crippen LogP contribution in [0.5, 0.6) is 11.5 Å². The summed E-state index contributed by atoms with van der Waals surface area (Å²) in [6.07, 6.45) is 8.10. The number of aryl methyl sites for hydroxylation is 1. The van der Waals surface area contributed by atoms with Gasteiger partial charge in [-0.1, -0.05) is 62.0 Å². The second-order valence-electron chi connectivity index (χ2n) is 9.14. The number of esters is 1. The van der Waals surface area contributed by atoms with Crippen molar-refractivity contribution in [2.45, 2.75) is 86.0 Å². The Bertz CT molecular complexity index is 772. The first kappa shape index (κ1) is 25.8. The minimum atomic E-state index is -0.358. The molecule has 1 aromatic rings. The number of benzene rings is 1. The monoisotopic (exact) mass is 494 g/mol. The van der Waals surface area contributed by atoms with Crippen LogP contribution >= 0.6 is 15.9 Å². The van der Waals surface area contributed by atoms with Crippen molar-refractivity contribution in [3.8, 4) is 11.5 Å². The molecule has 0 N–H and O–H groups in total. The van der Waals surface area contributed by atoms with Gasteiger partial charge in [-0.25, -0.2) is 0 Å². The molecule has 1 saturated carbocycles. The van der Waals surface area contributed by atoms with Crippen LogP contribution in [0.25, 0.3) is 0 Å². The molecule has 1 aliphatic carbocycles. The van der Waals surface area contributed by atoms with Gasteiger partial charge in [0, 0.05) is 10.0 Å². The SMILES string of the molecule is CCC1(C(=O)O/C(COc2ccc(CCC(C)C)c(OC)c2C)=C(/C)Br)CCCCC1. The maximum absolute atomic E-state index is 13.1. The summed E-state index contributed by atoms with van der Waals surface area (Å²) in [6.45, 7) is 10.6. The molecule has 0 radical (unpaired) electrons. The molecular formula is C26H39BrO4. The molecule has 0 aromatic heterocycles. The van der Waals surface area contributed by atoms with Crippen molar-refractivity contribution in [1.82, 2.24) is 0 Å². The van der Waals surface area contributed by atoms with Crippen molar-refractivity contribution in [2.75, 3.05) is 13.7 Å². The molecule has 1 aromatic carbocycles. The van der Waals surface area contributed by atoms with E-state index in [-0.39, 0.29) is 18.0 Å². The number of methoxy groups -OCH3 is 1. The van der Waals surface area contributed by atoms with Crippen LogP contribution in [0.15, 0.2) is 22.4 Å². The van der Waals surface area contributed by atoms with Gasteiger partial charge in [0.2, 0.25) is 0 Å². The van der Waals surface area contributed by atoms with E-state index >= 15 is 0 Å². The lowest BCUT2D eigenvalue weighted by molar-refractivity contribution is -0.154. The highest BCUT2D eigenvalue weighted by Crippen LogP contribution is 2.41. The van der Waals surface area contributed by atoms with Crippen LogP contribution in [0, 0.1) is 18.3 Å². The first-order chi connectivity index (χ1) is 14.7. The third-order valence-electron chi connectivity index (χ3n) is 6.51. The Morgan fingerprint density at radius 1 is 1.19 bits per heavy atom. The van der Waals surface area contributed by atoms with Crippen LogP contribution in [0.1, 0.15) is 83.8 Å². The largest absolute Gasteiger partial charge is 0.496 e. The highest BCUT2D eigenvalue weighted by molar-refractivity contribution is 9.11. The van der Waals surface area contributed by atoms with Gasteiger partial charge in [0.1, 0.15) is 18.1 Å². The molecule has 5 heteroatoms. The number of hydrogen-bond donors (Lipinski definition) is 0. The Morgan fingerprint density at radius 3 is 2.42 bits per heavy atom. The average Bonchev–Trinajstić information content (AvgIpc) is 2.75. The Labute approximate surface area is 196 Å². The summed E-state index contributed by atoms with van der Waals surface area (Å²) in [5.74, 6) is 2.68. The van der Waals surface area contributed by atoms with Crippen molar-refractivity contribution in [2.24, 2.45) is 11.3 Å². The molecule has 2 rings (SSSR count). The third kappa shape index (κ3) is 6.74. The fourth-order valence-corrected chi connectivity index (χ4v) is 4.50. The molecule has 0 heterocycles. The van der Waals surface area contributed by atoms with E-state index in [0.29, 0.717) is 11.7 Å². The maximum Gasteiger partial charge on any atom is 0.317 e. The topological polar surface area (TPSA) is 44.8 Å². The molecule has 31 heavy (non-hydrogen) atoms. The number of ether oxygens (including phenoxy) is 3. The average molecular weight is 495 g/mol. The summed E-state index contributed by atoms with van der Waals surface area (Å²) in [6, 6.07) is 4.07. The molecule has 1 fully saturated rings. The van der Waals surface area contributed by atoms with E-state index in [9.17, 15) is 4.79 Å². The van der Waals surface area contributed by atoms with Crippen molar-refractivity contribution in [3.05, 3.63) is 33.5 Å². The smallest absolute Gasteiger partial charge is 0.317 e. The maximum atomic E-state index is 13.1. The van der Waals surface area contributed by atoms with Crippen molar-refractivity contribution in [1.29, 1.82) is 0 Å². The van der Waals surface area contributed by atoms with E-state index in [2.05, 4.69) is 42.8 Å². The lowest BCUT2D eigenvalue weighted by Gasteiger charge is -2.34. The van der Waals surface area contributed by atoms with E-state index in [1.165, 1.54) is 12.0 Å². The van der Waals surface area contributed by atoms with E-state index in [4.69, 9.17) is 14.2 Å². The standard InChI is InChI=1S/C26H39BrO4/c1-7-26(15-9-8-10-16-26)25(28)31-23(20(5)27)17-30-22-14-13-21(12-11-18(2)3)24(29-6)19(22)4/h13-14,18H,7-12,15-17H2,1-6H3/b23-20-. The number of rotatable bonds is 10. The predicted octanol–water partition coefficient (Wildman–Crippen LogP) is 7.50. The van der Waals surface area contributed by atoms with E-state index in [1.54, 1.807) is 7.11 Å². The van der Waals surface area contributed by atoms with Gasteiger partial charge in [0.25, 0.3) is 0 Å². The van der Waals surface area contributed by atoms with Gasteiger partial charge in [-0.2, -0.15) is 0 Å². The van der Waals surface area contributed by atoms with Crippen LogP contribution < -0.4 is 9.47 Å². The highest BCUT2D eigenvalue weighted by Gasteiger charge is 2.40. The normalized spacial score (nSPS) is 16.6. The van der Waals surface area contributed by atoms with Gasteiger partial charge in [0.15, 0.2) is 5.76 Å². The molecule has 0 unspecified atom stereocenters. The number of halogens is 1. The highest BCUT2D eigenvalue weighted by atomic mass is 79.9. The van der Waals surface area contributed by atoms with Crippen molar-refractivity contribution in [3.63, 3.8) is 0 Å². The molecule has 4 nitrogen and oxygen atoms in total. The molecule has 0 atom stereocenters. The molecule has 0 saturated heterocycles. The van der Waals surface area contributed by atoms with Crippen LogP contribution in [0.3, 0.4) is 0 Å². The molecule has 1 aliphatic rings. The van der Waals surface area contributed by atoms with Crippen LogP contribution in [-0.2, 0) is 16.0 Å². The summed E-state index contributed by atoms with van der Waals surface area (Å²) < 4.78 is 18.5. The Hall–Kier alpha value is -1.49. The Kier molecular flexibility index (Phi) is 9.92. The Balaban J connectivity index is 2.11. The van der Waals surface area contributed by atoms with E-state index in [1.807, 2.05) is 19.9 Å². The van der Waals surface area contributed by atoms with Gasteiger partial charge < -0.3 is 14.2 Å². The summed E-state index contributed by atoms with van der Waals surface area (Å²) in [5, 5.41) is 0. The number of allylic oxidation sites excluding steroid dienone is 1. The molecule has 0 bridgehead atoms. The zero-order valence-corrected chi connectivity index (χ0v) is 21.7. The summed E-state index contributed by atoms with van der Waals surface area (Å²) >= 11 is 3.50. The van der Waals surface area contributed by atoms with Crippen molar-refractivity contribution >= 4 is 21.9 Å². The minimum absolute atomic E-state index is 0.120. The summed E-state index contributed by atoms with van der Waals surface area (Å²) in [4.78, 5) is 13.1. The van der Waals surface area contributed by atoms with Gasteiger partial charge in [-0.3, -0.25) is 4.79 Å². The van der Waals surface area contributed by atoms with E-state index in [0.717, 1.165) is 66.5 Å². The minimum Gasteiger partial charge on any atom is -0.496 e. The molecule has 0 spiro atoms. The van der Waals surface area contributed by atoms with Crippen LogP contribution in [0.4, 0.5) is 0 Å². The van der Waals surface area contributed by atoms with Gasteiger partial charge >= 0.3 is 5.97 Å². The fourth-order valence-electron chi connectivity index (χ4n) is 4.30. The second kappa shape index (κ2) is 11.9. The number of carbonyl (C=O) groups is 1. The lowest BCUT2D eigenvalue weighted by Crippen LogP contribution is -2.35. The molecular weight excluding hydrogens is 456 g/mol. The zero-order valence-electron chi connectivity index (χ0n) is 20.1. The number of carbonyl (C=O) groups excluding carboxylic acids is 1. The van der Waals surface area contributed by atoms with Gasteiger partial charge in [0.05, 0.1) is 12.5 Å². The van der Waals surface area contributed by atoms with Gasteiger partial charge in [-0.05, 0) is 63.5 Å². The molecule has 174 valence electrons. The van der Waals surface area contributed by atoms with Crippen LogP contribution in [-0.4, -0.2) is 19.7 Å². The summed E-state index contributed by atoms with van der Waals surface area (Å²) in [5.41, 5.74) is 1.81. The van der Waals surface area contributed by atoms with Gasteiger partial charge in [-0.15, -0.1) is 0 Å². The lowest BCUT2D eigenvalue weighted by atomic mass is 9.72.